The first-order valence-electron chi connectivity index (χ1n) is 5.40. The summed E-state index contributed by atoms with van der Waals surface area (Å²) < 4.78 is 0. The highest BCUT2D eigenvalue weighted by atomic mass is 16.1. The average Bonchev–Trinajstić information content (AvgIpc) is 2.39. The van der Waals surface area contributed by atoms with Crippen LogP contribution in [-0.4, -0.2) is 10.8 Å². The summed E-state index contributed by atoms with van der Waals surface area (Å²) in [6.45, 7) is 5.39. The maximum atomic E-state index is 11.8. The first kappa shape index (κ1) is 11.3. The largest absolute Gasteiger partial charge is 0.289 e. The molecule has 0 aliphatic carbocycles. The molecule has 0 spiro atoms. The van der Waals surface area contributed by atoms with E-state index in [9.17, 15) is 4.79 Å². The number of hydrogen-bond donors (Lipinski definition) is 0. The maximum Gasteiger partial charge on any atom is 0.188 e. The molecule has 0 fully saturated rings. The van der Waals surface area contributed by atoms with Crippen LogP contribution in [0.4, 0.5) is 0 Å². The summed E-state index contributed by atoms with van der Waals surface area (Å²) in [5.41, 5.74) is 3.00. The molecule has 0 atom stereocenters. The van der Waals surface area contributed by atoms with Gasteiger partial charge in [0.15, 0.2) is 5.78 Å². The molecule has 0 amide bonds. The van der Waals surface area contributed by atoms with E-state index in [4.69, 9.17) is 0 Å². The van der Waals surface area contributed by atoms with E-state index in [1.807, 2.05) is 36.4 Å². The van der Waals surface area contributed by atoms with Crippen molar-refractivity contribution >= 4 is 5.78 Å². The van der Waals surface area contributed by atoms with Crippen LogP contribution < -0.4 is 0 Å². The third kappa shape index (κ3) is 2.48. The summed E-state index contributed by atoms with van der Waals surface area (Å²) in [6, 6.07) is 13.2. The van der Waals surface area contributed by atoms with Crippen LogP contribution in [-0.2, 0) is 0 Å². The SMILES string of the molecule is C=C(C)C(=O)c1cccc(-c2ccccn2)c1. The van der Waals surface area contributed by atoms with E-state index >= 15 is 0 Å². The third-order valence-electron chi connectivity index (χ3n) is 2.47. The van der Waals surface area contributed by atoms with Gasteiger partial charge in [0.2, 0.25) is 0 Å². The number of carbonyl (C=O) groups is 1. The molecule has 2 nitrogen and oxygen atoms in total. The number of ketones is 1. The smallest absolute Gasteiger partial charge is 0.188 e. The zero-order valence-electron chi connectivity index (χ0n) is 9.68. The predicted octanol–water partition coefficient (Wildman–Crippen LogP) is 3.51. The van der Waals surface area contributed by atoms with Gasteiger partial charge in [-0.25, -0.2) is 0 Å². The highest BCUT2D eigenvalue weighted by Gasteiger charge is 2.07. The fraction of sp³-hybridized carbons (Fsp3) is 0.0667. The Labute approximate surface area is 101 Å². The highest BCUT2D eigenvalue weighted by Crippen LogP contribution is 2.19. The second kappa shape index (κ2) is 4.74. The molecule has 0 unspecified atom stereocenters. The van der Waals surface area contributed by atoms with Gasteiger partial charge in [0.25, 0.3) is 0 Å². The van der Waals surface area contributed by atoms with Crippen LogP contribution in [0.1, 0.15) is 17.3 Å². The van der Waals surface area contributed by atoms with Gasteiger partial charge >= 0.3 is 0 Å². The highest BCUT2D eigenvalue weighted by molar-refractivity contribution is 6.08. The minimum Gasteiger partial charge on any atom is -0.289 e. The fourth-order valence-corrected chi connectivity index (χ4v) is 1.60. The van der Waals surface area contributed by atoms with Gasteiger partial charge in [0.05, 0.1) is 5.69 Å². The van der Waals surface area contributed by atoms with Crippen LogP contribution in [0.5, 0.6) is 0 Å². The van der Waals surface area contributed by atoms with Crippen molar-refractivity contribution in [3.8, 4) is 11.3 Å². The van der Waals surface area contributed by atoms with Crippen molar-refractivity contribution < 1.29 is 4.79 Å². The summed E-state index contributed by atoms with van der Waals surface area (Å²) in [7, 11) is 0. The molecule has 0 aliphatic heterocycles. The topological polar surface area (TPSA) is 30.0 Å². The Balaban J connectivity index is 2.42. The van der Waals surface area contributed by atoms with E-state index in [1.54, 1.807) is 19.2 Å². The van der Waals surface area contributed by atoms with E-state index in [0.29, 0.717) is 11.1 Å². The lowest BCUT2D eigenvalue weighted by Crippen LogP contribution is -1.99. The van der Waals surface area contributed by atoms with Gasteiger partial charge in [-0.15, -0.1) is 0 Å². The van der Waals surface area contributed by atoms with E-state index in [1.165, 1.54) is 0 Å². The van der Waals surface area contributed by atoms with Crippen LogP contribution in [0.15, 0.2) is 60.8 Å². The Bertz CT molecular complexity index is 558. The van der Waals surface area contributed by atoms with Gasteiger partial charge in [0.1, 0.15) is 0 Å². The van der Waals surface area contributed by atoms with Gasteiger partial charge in [-0.2, -0.15) is 0 Å². The second-order valence-electron chi connectivity index (χ2n) is 3.91. The van der Waals surface area contributed by atoms with Crippen molar-refractivity contribution in [2.45, 2.75) is 6.92 Å². The third-order valence-corrected chi connectivity index (χ3v) is 2.47. The molecule has 0 N–H and O–H groups in total. The van der Waals surface area contributed by atoms with Crippen LogP contribution in [0.3, 0.4) is 0 Å². The maximum absolute atomic E-state index is 11.8. The van der Waals surface area contributed by atoms with E-state index < -0.39 is 0 Å². The Morgan fingerprint density at radius 2 is 2.00 bits per heavy atom. The van der Waals surface area contributed by atoms with E-state index in [-0.39, 0.29) is 5.78 Å². The molecule has 17 heavy (non-hydrogen) atoms. The number of pyridine rings is 1. The van der Waals surface area contributed by atoms with Crippen LogP contribution in [0.2, 0.25) is 0 Å². The molecule has 1 aromatic heterocycles. The van der Waals surface area contributed by atoms with Gasteiger partial charge in [0, 0.05) is 17.3 Å². The van der Waals surface area contributed by atoms with Crippen molar-refractivity contribution in [2.75, 3.05) is 0 Å². The van der Waals surface area contributed by atoms with Crippen molar-refractivity contribution in [2.24, 2.45) is 0 Å². The molecule has 2 rings (SSSR count). The zero-order chi connectivity index (χ0) is 12.3. The summed E-state index contributed by atoms with van der Waals surface area (Å²) in [6.07, 6.45) is 1.74. The van der Waals surface area contributed by atoms with Crippen LogP contribution >= 0.6 is 0 Å². The average molecular weight is 223 g/mol. The fourth-order valence-electron chi connectivity index (χ4n) is 1.60. The Morgan fingerprint density at radius 1 is 1.18 bits per heavy atom. The lowest BCUT2D eigenvalue weighted by Gasteiger charge is -2.04. The van der Waals surface area contributed by atoms with Crippen LogP contribution in [0, 0.1) is 0 Å². The number of benzene rings is 1. The van der Waals surface area contributed by atoms with Crippen molar-refractivity contribution in [3.63, 3.8) is 0 Å². The van der Waals surface area contributed by atoms with Crippen LogP contribution in [0.25, 0.3) is 11.3 Å². The molecular weight excluding hydrogens is 210 g/mol. The molecule has 0 bridgehead atoms. The van der Waals surface area contributed by atoms with E-state index in [0.717, 1.165) is 11.3 Å². The standard InChI is InChI=1S/C15H13NO/c1-11(2)15(17)13-7-5-6-12(10-13)14-8-3-4-9-16-14/h3-10H,1H2,2H3. The summed E-state index contributed by atoms with van der Waals surface area (Å²) in [5.74, 6) is -0.0252. The van der Waals surface area contributed by atoms with Gasteiger partial charge < -0.3 is 0 Å². The second-order valence-corrected chi connectivity index (χ2v) is 3.91. The Kier molecular flexibility index (Phi) is 3.15. The molecule has 0 radical (unpaired) electrons. The molecule has 84 valence electrons. The zero-order valence-corrected chi connectivity index (χ0v) is 9.68. The molecule has 2 aromatic rings. The minimum atomic E-state index is -0.0252. The quantitative estimate of drug-likeness (QED) is 0.588. The first-order valence-corrected chi connectivity index (χ1v) is 5.40. The summed E-state index contributed by atoms with van der Waals surface area (Å²) in [5, 5.41) is 0. The summed E-state index contributed by atoms with van der Waals surface area (Å²) in [4.78, 5) is 16.1. The number of hydrogen-bond acceptors (Lipinski definition) is 2. The number of aromatic nitrogens is 1. The number of carbonyl (C=O) groups excluding carboxylic acids is 1. The van der Waals surface area contributed by atoms with Crippen molar-refractivity contribution in [1.82, 2.24) is 4.98 Å². The molecular formula is C15H13NO. The van der Waals surface area contributed by atoms with Gasteiger partial charge in [-0.1, -0.05) is 30.8 Å². The predicted molar refractivity (Wildman–Crippen MR) is 68.8 cm³/mol. The minimum absolute atomic E-state index is 0.0252. The lowest BCUT2D eigenvalue weighted by molar-refractivity contribution is 0.103. The van der Waals surface area contributed by atoms with Crippen molar-refractivity contribution in [3.05, 3.63) is 66.4 Å². The number of rotatable bonds is 3. The molecule has 0 saturated heterocycles. The van der Waals surface area contributed by atoms with Gasteiger partial charge in [-0.05, 0) is 30.7 Å². The Hall–Kier alpha value is -2.22. The number of Topliss-reactive ketones (excluding diaryl/α,β-unsaturated/α-hetero) is 1. The van der Waals surface area contributed by atoms with E-state index in [2.05, 4.69) is 11.6 Å². The Morgan fingerprint density at radius 3 is 2.65 bits per heavy atom. The molecule has 2 heteroatoms. The normalized spacial score (nSPS) is 9.94. The lowest BCUT2D eigenvalue weighted by atomic mass is 10.0. The number of allylic oxidation sites excluding steroid dienone is 1. The summed E-state index contributed by atoms with van der Waals surface area (Å²) >= 11 is 0. The molecule has 1 aromatic carbocycles. The molecule has 0 saturated carbocycles. The van der Waals surface area contributed by atoms with Gasteiger partial charge in [-0.3, -0.25) is 9.78 Å². The molecule has 1 heterocycles. The first-order chi connectivity index (χ1) is 8.18. The van der Waals surface area contributed by atoms with Crippen molar-refractivity contribution in [1.29, 1.82) is 0 Å². The molecule has 0 aliphatic rings. The monoisotopic (exact) mass is 223 g/mol. The number of nitrogens with zero attached hydrogens (tertiary/aromatic N) is 1.